The SMILES string of the molecule is O=C(CCNC(=O)NC12CC3CC(CC(C3)C1)C2)NC(CC(F)F)C(=O)O. The molecule has 4 aliphatic carbocycles. The summed E-state index contributed by atoms with van der Waals surface area (Å²) in [6, 6.07) is -1.95. The lowest BCUT2D eigenvalue weighted by Crippen LogP contribution is -2.61. The number of carbonyl (C=O) groups excluding carboxylic acids is 2. The second-order valence-corrected chi connectivity index (χ2v) is 8.41. The molecule has 152 valence electrons. The predicted molar refractivity (Wildman–Crippen MR) is 92.2 cm³/mol. The molecule has 0 aromatic heterocycles. The molecule has 0 heterocycles. The number of aliphatic carboxylic acids is 1. The molecular formula is C18H27F2N3O4. The van der Waals surface area contributed by atoms with E-state index in [9.17, 15) is 23.2 Å². The minimum absolute atomic E-state index is 0.0189. The van der Waals surface area contributed by atoms with E-state index in [1.165, 1.54) is 19.3 Å². The number of nitrogens with one attached hydrogen (secondary N) is 3. The highest BCUT2D eigenvalue weighted by Crippen LogP contribution is 2.55. The summed E-state index contributed by atoms with van der Waals surface area (Å²) in [6.45, 7) is 0.0189. The average Bonchev–Trinajstić information content (AvgIpc) is 2.51. The van der Waals surface area contributed by atoms with Gasteiger partial charge in [0, 0.05) is 24.9 Å². The first-order chi connectivity index (χ1) is 12.7. The van der Waals surface area contributed by atoms with E-state index in [-0.39, 0.29) is 24.5 Å². The molecule has 1 unspecified atom stereocenters. The number of hydrogen-bond donors (Lipinski definition) is 4. The van der Waals surface area contributed by atoms with Crippen LogP contribution >= 0.6 is 0 Å². The monoisotopic (exact) mass is 387 g/mol. The Labute approximate surface area is 156 Å². The molecule has 0 aromatic carbocycles. The minimum Gasteiger partial charge on any atom is -0.480 e. The van der Waals surface area contributed by atoms with Crippen LogP contribution in [0.3, 0.4) is 0 Å². The molecule has 4 bridgehead atoms. The van der Waals surface area contributed by atoms with Crippen LogP contribution in [0, 0.1) is 17.8 Å². The van der Waals surface area contributed by atoms with E-state index < -0.39 is 30.8 Å². The van der Waals surface area contributed by atoms with Gasteiger partial charge in [0.1, 0.15) is 6.04 Å². The van der Waals surface area contributed by atoms with E-state index in [2.05, 4.69) is 16.0 Å². The second-order valence-electron chi connectivity index (χ2n) is 8.41. The highest BCUT2D eigenvalue weighted by Gasteiger charge is 2.51. The van der Waals surface area contributed by atoms with Crippen LogP contribution in [-0.2, 0) is 9.59 Å². The van der Waals surface area contributed by atoms with E-state index in [0.29, 0.717) is 17.8 Å². The van der Waals surface area contributed by atoms with Gasteiger partial charge < -0.3 is 21.1 Å². The molecule has 4 aliphatic rings. The summed E-state index contributed by atoms with van der Waals surface area (Å²) in [7, 11) is 0. The number of carboxylic acids is 1. The first kappa shape index (κ1) is 19.8. The van der Waals surface area contributed by atoms with Gasteiger partial charge in [-0.3, -0.25) is 4.79 Å². The molecule has 0 radical (unpaired) electrons. The maximum Gasteiger partial charge on any atom is 0.326 e. The number of hydrogen-bond acceptors (Lipinski definition) is 3. The Morgan fingerprint density at radius 3 is 2.07 bits per heavy atom. The molecule has 0 aliphatic heterocycles. The topological polar surface area (TPSA) is 108 Å². The average molecular weight is 387 g/mol. The lowest BCUT2D eigenvalue weighted by molar-refractivity contribution is -0.143. The van der Waals surface area contributed by atoms with Gasteiger partial charge in [0.05, 0.1) is 0 Å². The normalized spacial score (nSPS) is 32.2. The number of amides is 3. The van der Waals surface area contributed by atoms with Crippen molar-refractivity contribution >= 4 is 17.9 Å². The first-order valence-corrected chi connectivity index (χ1v) is 9.61. The third-order valence-electron chi connectivity index (χ3n) is 6.10. The summed E-state index contributed by atoms with van der Waals surface area (Å²) in [5, 5.41) is 16.6. The fourth-order valence-corrected chi connectivity index (χ4v) is 5.50. The second kappa shape index (κ2) is 7.98. The molecular weight excluding hydrogens is 360 g/mol. The van der Waals surface area contributed by atoms with E-state index >= 15 is 0 Å². The molecule has 7 nitrogen and oxygen atoms in total. The van der Waals surface area contributed by atoms with Crippen molar-refractivity contribution in [3.05, 3.63) is 0 Å². The number of carbonyl (C=O) groups is 3. The third kappa shape index (κ3) is 5.07. The Balaban J connectivity index is 1.39. The van der Waals surface area contributed by atoms with Crippen LogP contribution < -0.4 is 16.0 Å². The van der Waals surface area contributed by atoms with Crippen LogP contribution in [-0.4, -0.2) is 47.6 Å². The number of carboxylic acid groups (broad SMARTS) is 1. The molecule has 0 spiro atoms. The number of alkyl halides is 2. The summed E-state index contributed by atoms with van der Waals surface area (Å²) < 4.78 is 24.7. The molecule has 4 N–H and O–H groups in total. The van der Waals surface area contributed by atoms with Gasteiger partial charge in [0.25, 0.3) is 0 Å². The van der Waals surface area contributed by atoms with Gasteiger partial charge in [-0.15, -0.1) is 0 Å². The van der Waals surface area contributed by atoms with Crippen molar-refractivity contribution in [2.45, 2.75) is 69.4 Å². The molecule has 0 saturated heterocycles. The van der Waals surface area contributed by atoms with Crippen LogP contribution in [0.25, 0.3) is 0 Å². The number of rotatable bonds is 8. The van der Waals surface area contributed by atoms with Crippen LogP contribution in [0.4, 0.5) is 13.6 Å². The number of urea groups is 1. The van der Waals surface area contributed by atoms with Gasteiger partial charge >= 0.3 is 12.0 Å². The van der Waals surface area contributed by atoms with Crippen molar-refractivity contribution in [1.82, 2.24) is 16.0 Å². The van der Waals surface area contributed by atoms with Gasteiger partial charge in [-0.2, -0.15) is 0 Å². The zero-order valence-electron chi connectivity index (χ0n) is 15.2. The van der Waals surface area contributed by atoms with Crippen molar-refractivity contribution in [1.29, 1.82) is 0 Å². The molecule has 3 amide bonds. The van der Waals surface area contributed by atoms with E-state index in [4.69, 9.17) is 5.11 Å². The Kier molecular flexibility index (Phi) is 5.86. The third-order valence-corrected chi connectivity index (χ3v) is 6.10. The van der Waals surface area contributed by atoms with Crippen LogP contribution in [0.15, 0.2) is 0 Å². The predicted octanol–water partition coefficient (Wildman–Crippen LogP) is 1.87. The van der Waals surface area contributed by atoms with Gasteiger partial charge in [-0.1, -0.05) is 0 Å². The maximum absolute atomic E-state index is 12.3. The van der Waals surface area contributed by atoms with Gasteiger partial charge in [0.2, 0.25) is 12.3 Å². The van der Waals surface area contributed by atoms with Crippen molar-refractivity contribution in [3.8, 4) is 0 Å². The Hall–Kier alpha value is -1.93. The summed E-state index contributed by atoms with van der Waals surface area (Å²) in [4.78, 5) is 34.9. The zero-order chi connectivity index (χ0) is 19.6. The Morgan fingerprint density at radius 2 is 1.59 bits per heavy atom. The van der Waals surface area contributed by atoms with Gasteiger partial charge in [-0.25, -0.2) is 18.4 Å². The number of halogens is 2. The fourth-order valence-electron chi connectivity index (χ4n) is 5.50. The molecule has 27 heavy (non-hydrogen) atoms. The highest BCUT2D eigenvalue weighted by atomic mass is 19.3. The van der Waals surface area contributed by atoms with Crippen molar-refractivity contribution in [2.75, 3.05) is 6.54 Å². The minimum atomic E-state index is -2.82. The first-order valence-electron chi connectivity index (χ1n) is 9.61. The quantitative estimate of drug-likeness (QED) is 0.510. The summed E-state index contributed by atoms with van der Waals surface area (Å²) in [6.07, 6.45) is 2.92. The molecule has 9 heteroatoms. The highest BCUT2D eigenvalue weighted by molar-refractivity contribution is 5.84. The van der Waals surface area contributed by atoms with E-state index in [1.807, 2.05) is 0 Å². The van der Waals surface area contributed by atoms with Crippen molar-refractivity contribution < 1.29 is 28.3 Å². The standard InChI is InChI=1S/C18H27F2N3O4/c19-14(20)6-13(16(25)26)22-15(24)1-2-21-17(27)23-18-7-10-3-11(8-18)5-12(4-10)9-18/h10-14H,1-9H2,(H,22,24)(H,25,26)(H2,21,23,27). The van der Waals surface area contributed by atoms with Crippen LogP contribution in [0.1, 0.15) is 51.4 Å². The smallest absolute Gasteiger partial charge is 0.326 e. The van der Waals surface area contributed by atoms with Gasteiger partial charge in [0.15, 0.2) is 0 Å². The Bertz CT molecular complexity index is 564. The van der Waals surface area contributed by atoms with Crippen LogP contribution in [0.2, 0.25) is 0 Å². The van der Waals surface area contributed by atoms with Crippen molar-refractivity contribution in [3.63, 3.8) is 0 Å². The molecule has 4 saturated carbocycles. The largest absolute Gasteiger partial charge is 0.480 e. The molecule has 0 aromatic rings. The zero-order valence-corrected chi connectivity index (χ0v) is 15.2. The fraction of sp³-hybridized carbons (Fsp3) is 0.833. The molecule has 4 rings (SSSR count). The Morgan fingerprint density at radius 1 is 1.04 bits per heavy atom. The summed E-state index contributed by atoms with van der Waals surface area (Å²) in [5.41, 5.74) is -0.132. The van der Waals surface area contributed by atoms with Gasteiger partial charge in [-0.05, 0) is 56.3 Å². The lowest BCUT2D eigenvalue weighted by atomic mass is 9.53. The van der Waals surface area contributed by atoms with E-state index in [0.717, 1.165) is 19.3 Å². The maximum atomic E-state index is 12.3. The van der Waals surface area contributed by atoms with E-state index in [1.54, 1.807) is 0 Å². The van der Waals surface area contributed by atoms with Crippen LogP contribution in [0.5, 0.6) is 0 Å². The lowest BCUT2D eigenvalue weighted by Gasteiger charge is -2.56. The molecule has 1 atom stereocenters. The van der Waals surface area contributed by atoms with Crippen molar-refractivity contribution in [2.24, 2.45) is 17.8 Å². The molecule has 4 fully saturated rings. The summed E-state index contributed by atoms with van der Waals surface area (Å²) in [5.74, 6) is -0.0883. The summed E-state index contributed by atoms with van der Waals surface area (Å²) >= 11 is 0.